The van der Waals surface area contributed by atoms with Gasteiger partial charge >= 0.3 is 0 Å². The van der Waals surface area contributed by atoms with Gasteiger partial charge in [-0.05, 0) is 49.8 Å². The second-order valence-corrected chi connectivity index (χ2v) is 6.98. The Labute approximate surface area is 136 Å². The Kier molecular flexibility index (Phi) is 4.17. The van der Waals surface area contributed by atoms with E-state index in [4.69, 9.17) is 4.42 Å². The molecule has 2 aromatic rings. The quantitative estimate of drug-likeness (QED) is 0.835. The summed E-state index contributed by atoms with van der Waals surface area (Å²) in [5.41, 5.74) is 0.661. The number of hydrogen-bond donors (Lipinski definition) is 0. The fourth-order valence-electron chi connectivity index (χ4n) is 3.51. The minimum absolute atomic E-state index is 0.182. The average Bonchev–Trinajstić information content (AvgIpc) is 3.25. The number of halogens is 1. The van der Waals surface area contributed by atoms with Crippen LogP contribution in [0.1, 0.15) is 48.8 Å². The van der Waals surface area contributed by atoms with E-state index in [9.17, 15) is 4.39 Å². The number of benzene rings is 1. The van der Waals surface area contributed by atoms with E-state index in [2.05, 4.69) is 9.88 Å². The third kappa shape index (κ3) is 3.63. The van der Waals surface area contributed by atoms with E-state index in [1.165, 1.54) is 38.4 Å². The van der Waals surface area contributed by atoms with Crippen molar-refractivity contribution in [3.8, 4) is 0 Å². The van der Waals surface area contributed by atoms with Crippen molar-refractivity contribution in [3.63, 3.8) is 0 Å². The molecule has 4 heteroatoms. The van der Waals surface area contributed by atoms with E-state index < -0.39 is 0 Å². The maximum absolute atomic E-state index is 13.7. The Bertz CT molecular complexity index is 665. The van der Waals surface area contributed by atoms with Crippen LogP contribution in [-0.4, -0.2) is 29.5 Å². The van der Waals surface area contributed by atoms with Crippen LogP contribution in [0.5, 0.6) is 0 Å². The first kappa shape index (κ1) is 14.9. The first-order valence-corrected chi connectivity index (χ1v) is 8.68. The smallest absolute Gasteiger partial charge is 0.198 e. The summed E-state index contributed by atoms with van der Waals surface area (Å²) in [6.45, 7) is 3.49. The Morgan fingerprint density at radius 3 is 2.91 bits per heavy atom. The highest BCUT2D eigenvalue weighted by Crippen LogP contribution is 2.33. The summed E-state index contributed by atoms with van der Waals surface area (Å²) in [5, 5.41) is 0. The van der Waals surface area contributed by atoms with E-state index in [1.54, 1.807) is 18.3 Å². The van der Waals surface area contributed by atoms with Crippen molar-refractivity contribution < 1.29 is 8.81 Å². The van der Waals surface area contributed by atoms with Crippen molar-refractivity contribution in [2.75, 3.05) is 19.6 Å². The average molecular weight is 314 g/mol. The lowest BCUT2D eigenvalue weighted by Crippen LogP contribution is -2.35. The van der Waals surface area contributed by atoms with E-state index in [1.807, 2.05) is 6.07 Å². The van der Waals surface area contributed by atoms with E-state index >= 15 is 0 Å². The van der Waals surface area contributed by atoms with Crippen LogP contribution in [-0.2, 0) is 6.42 Å². The van der Waals surface area contributed by atoms with Crippen molar-refractivity contribution in [2.45, 2.75) is 38.0 Å². The molecule has 4 rings (SSSR count). The SMILES string of the molecule is Fc1ccccc1Cc1cnc(C2CCCN(CC3CC3)C2)o1. The van der Waals surface area contributed by atoms with Gasteiger partial charge in [0, 0.05) is 25.4 Å². The lowest BCUT2D eigenvalue weighted by molar-refractivity contribution is 0.185. The van der Waals surface area contributed by atoms with Crippen LogP contribution in [0.3, 0.4) is 0 Å². The Balaban J connectivity index is 1.41. The molecule has 122 valence electrons. The summed E-state index contributed by atoms with van der Waals surface area (Å²) in [4.78, 5) is 7.04. The molecule has 2 aliphatic rings. The van der Waals surface area contributed by atoms with Crippen LogP contribution < -0.4 is 0 Å². The largest absolute Gasteiger partial charge is 0.445 e. The zero-order valence-electron chi connectivity index (χ0n) is 13.4. The molecule has 1 aromatic heterocycles. The molecule has 1 aromatic carbocycles. The second-order valence-electron chi connectivity index (χ2n) is 6.98. The van der Waals surface area contributed by atoms with Crippen molar-refractivity contribution in [1.29, 1.82) is 0 Å². The van der Waals surface area contributed by atoms with Gasteiger partial charge in [0.2, 0.25) is 0 Å². The van der Waals surface area contributed by atoms with Crippen LogP contribution in [0.15, 0.2) is 34.9 Å². The van der Waals surface area contributed by atoms with Crippen LogP contribution >= 0.6 is 0 Å². The number of likely N-dealkylation sites (tertiary alicyclic amines) is 1. The van der Waals surface area contributed by atoms with E-state index in [0.29, 0.717) is 17.9 Å². The highest BCUT2D eigenvalue weighted by molar-refractivity contribution is 5.21. The minimum atomic E-state index is -0.182. The summed E-state index contributed by atoms with van der Waals surface area (Å²) in [6, 6.07) is 6.85. The zero-order chi connectivity index (χ0) is 15.6. The highest BCUT2D eigenvalue weighted by atomic mass is 19.1. The van der Waals surface area contributed by atoms with Gasteiger partial charge in [0.05, 0.1) is 6.20 Å². The van der Waals surface area contributed by atoms with Gasteiger partial charge in [0.25, 0.3) is 0 Å². The van der Waals surface area contributed by atoms with E-state index in [-0.39, 0.29) is 5.82 Å². The minimum Gasteiger partial charge on any atom is -0.445 e. The summed E-state index contributed by atoms with van der Waals surface area (Å²) < 4.78 is 19.7. The van der Waals surface area contributed by atoms with Gasteiger partial charge < -0.3 is 9.32 Å². The van der Waals surface area contributed by atoms with Crippen LogP contribution in [0.25, 0.3) is 0 Å². The number of piperidine rings is 1. The van der Waals surface area contributed by atoms with Gasteiger partial charge in [-0.2, -0.15) is 0 Å². The number of rotatable bonds is 5. The van der Waals surface area contributed by atoms with Crippen molar-refractivity contribution in [2.24, 2.45) is 5.92 Å². The van der Waals surface area contributed by atoms with Crippen molar-refractivity contribution in [1.82, 2.24) is 9.88 Å². The molecule has 2 fully saturated rings. The first-order valence-electron chi connectivity index (χ1n) is 8.68. The molecule has 1 aliphatic heterocycles. The fourth-order valence-corrected chi connectivity index (χ4v) is 3.51. The lowest BCUT2D eigenvalue weighted by Gasteiger charge is -2.31. The standard InChI is InChI=1S/C19H23FN2O/c20-18-6-2-1-4-15(18)10-17-11-21-19(23-17)16-5-3-9-22(13-16)12-14-7-8-14/h1-2,4,6,11,14,16H,3,5,7-10,12-13H2. The van der Waals surface area contributed by atoms with E-state index in [0.717, 1.165) is 30.5 Å². The van der Waals surface area contributed by atoms with Gasteiger partial charge in [-0.15, -0.1) is 0 Å². The number of hydrogen-bond acceptors (Lipinski definition) is 3. The molecule has 0 N–H and O–H groups in total. The van der Waals surface area contributed by atoms with Gasteiger partial charge in [0.15, 0.2) is 5.89 Å². The van der Waals surface area contributed by atoms with Crippen LogP contribution in [0, 0.1) is 11.7 Å². The molecule has 1 atom stereocenters. The van der Waals surface area contributed by atoms with Crippen LogP contribution in [0.4, 0.5) is 4.39 Å². The monoisotopic (exact) mass is 314 g/mol. The van der Waals surface area contributed by atoms with Gasteiger partial charge in [0.1, 0.15) is 11.6 Å². The Morgan fingerprint density at radius 1 is 1.22 bits per heavy atom. The molecule has 1 aliphatic carbocycles. The Hall–Kier alpha value is -1.68. The normalized spacial score (nSPS) is 22.4. The molecule has 0 amide bonds. The number of nitrogens with zero attached hydrogens (tertiary/aromatic N) is 2. The van der Waals surface area contributed by atoms with Gasteiger partial charge in [-0.1, -0.05) is 18.2 Å². The maximum atomic E-state index is 13.7. The lowest BCUT2D eigenvalue weighted by atomic mass is 9.98. The Morgan fingerprint density at radius 2 is 2.09 bits per heavy atom. The molecule has 1 saturated heterocycles. The predicted molar refractivity (Wildman–Crippen MR) is 86.8 cm³/mol. The second kappa shape index (κ2) is 6.44. The molecule has 0 spiro atoms. The molecular formula is C19H23FN2O. The maximum Gasteiger partial charge on any atom is 0.198 e. The summed E-state index contributed by atoms with van der Waals surface area (Å²) in [6.07, 6.45) is 7.38. The van der Waals surface area contributed by atoms with Gasteiger partial charge in [-0.3, -0.25) is 0 Å². The van der Waals surface area contributed by atoms with Gasteiger partial charge in [-0.25, -0.2) is 9.37 Å². The molecule has 2 heterocycles. The molecule has 1 saturated carbocycles. The summed E-state index contributed by atoms with van der Waals surface area (Å²) >= 11 is 0. The molecule has 3 nitrogen and oxygen atoms in total. The fraction of sp³-hybridized carbons (Fsp3) is 0.526. The molecule has 1 unspecified atom stereocenters. The predicted octanol–water partition coefficient (Wildman–Crippen LogP) is 3.99. The zero-order valence-corrected chi connectivity index (χ0v) is 13.4. The summed E-state index contributed by atoms with van der Waals surface area (Å²) in [5.74, 6) is 2.71. The molecule has 0 radical (unpaired) electrons. The number of aromatic nitrogens is 1. The van der Waals surface area contributed by atoms with Crippen LogP contribution in [0.2, 0.25) is 0 Å². The number of oxazole rings is 1. The molecular weight excluding hydrogens is 291 g/mol. The molecule has 23 heavy (non-hydrogen) atoms. The third-order valence-corrected chi connectivity index (χ3v) is 4.96. The third-order valence-electron chi connectivity index (χ3n) is 4.96. The highest BCUT2D eigenvalue weighted by Gasteiger charge is 2.29. The topological polar surface area (TPSA) is 29.3 Å². The molecule has 0 bridgehead atoms. The van der Waals surface area contributed by atoms with Crippen molar-refractivity contribution >= 4 is 0 Å². The first-order chi connectivity index (χ1) is 11.3. The van der Waals surface area contributed by atoms with Crippen molar-refractivity contribution in [3.05, 3.63) is 53.5 Å². The summed E-state index contributed by atoms with van der Waals surface area (Å²) in [7, 11) is 0.